The van der Waals surface area contributed by atoms with Crippen LogP contribution < -0.4 is 14.8 Å². The Morgan fingerprint density at radius 1 is 1.03 bits per heavy atom. The maximum absolute atomic E-state index is 12.8. The Hall–Kier alpha value is -4.04. The molecule has 0 spiro atoms. The Morgan fingerprint density at radius 2 is 1.80 bits per heavy atom. The van der Waals surface area contributed by atoms with E-state index in [1.165, 1.54) is 12.7 Å². The number of para-hydroxylation sites is 2. The fourth-order valence-corrected chi connectivity index (χ4v) is 4.34. The van der Waals surface area contributed by atoms with E-state index in [9.17, 15) is 14.4 Å². The van der Waals surface area contributed by atoms with E-state index in [2.05, 4.69) is 11.4 Å². The van der Waals surface area contributed by atoms with Crippen molar-refractivity contribution in [3.05, 3.63) is 94.4 Å². The maximum atomic E-state index is 12.8. The molecule has 1 fully saturated rings. The zero-order valence-electron chi connectivity index (χ0n) is 19.3. The van der Waals surface area contributed by atoms with Gasteiger partial charge in [-0.1, -0.05) is 54.1 Å². The first kappa shape index (κ1) is 24.1. The summed E-state index contributed by atoms with van der Waals surface area (Å²) >= 11 is 0.808. The predicted molar refractivity (Wildman–Crippen MR) is 136 cm³/mol. The summed E-state index contributed by atoms with van der Waals surface area (Å²) in [5.74, 6) is 0.189. The highest BCUT2D eigenvalue weighted by atomic mass is 32.2. The molecule has 0 saturated carbocycles. The van der Waals surface area contributed by atoms with Crippen LogP contribution in [0, 0.1) is 6.92 Å². The van der Waals surface area contributed by atoms with Crippen molar-refractivity contribution in [2.45, 2.75) is 13.5 Å². The smallest absolute Gasteiger partial charge is 0.294 e. The third kappa shape index (κ3) is 6.10. The third-order valence-corrected chi connectivity index (χ3v) is 6.13. The van der Waals surface area contributed by atoms with Crippen molar-refractivity contribution in [3.63, 3.8) is 0 Å². The van der Waals surface area contributed by atoms with Crippen LogP contribution in [0.15, 0.2) is 77.7 Å². The lowest BCUT2D eigenvalue weighted by molar-refractivity contribution is -0.127. The summed E-state index contributed by atoms with van der Waals surface area (Å²) in [6.07, 6.45) is 1.63. The van der Waals surface area contributed by atoms with Crippen molar-refractivity contribution in [1.82, 2.24) is 4.90 Å². The molecular formula is C27H24N2O5S. The number of ether oxygens (including phenoxy) is 2. The number of nitrogens with one attached hydrogen (secondary N) is 1. The molecule has 35 heavy (non-hydrogen) atoms. The van der Waals surface area contributed by atoms with Crippen LogP contribution in [0.4, 0.5) is 10.5 Å². The van der Waals surface area contributed by atoms with Gasteiger partial charge in [0, 0.05) is 0 Å². The molecule has 0 atom stereocenters. The monoisotopic (exact) mass is 488 g/mol. The number of amides is 3. The molecule has 1 N–H and O–H groups in total. The quantitative estimate of drug-likeness (QED) is 0.436. The van der Waals surface area contributed by atoms with Crippen molar-refractivity contribution in [3.8, 4) is 11.5 Å². The van der Waals surface area contributed by atoms with Gasteiger partial charge in [-0.25, -0.2) is 0 Å². The van der Waals surface area contributed by atoms with E-state index in [1.54, 1.807) is 30.3 Å². The van der Waals surface area contributed by atoms with E-state index in [1.807, 2.05) is 49.4 Å². The average molecular weight is 489 g/mol. The number of hydrogen-bond acceptors (Lipinski definition) is 6. The first-order valence-corrected chi connectivity index (χ1v) is 11.7. The Labute approximate surface area is 207 Å². The molecule has 0 aromatic heterocycles. The van der Waals surface area contributed by atoms with Gasteiger partial charge in [-0.2, -0.15) is 0 Å². The second-order valence-corrected chi connectivity index (χ2v) is 8.86. The molecule has 3 aromatic carbocycles. The van der Waals surface area contributed by atoms with Crippen LogP contribution >= 0.6 is 11.8 Å². The van der Waals surface area contributed by atoms with Gasteiger partial charge >= 0.3 is 0 Å². The second kappa shape index (κ2) is 10.9. The largest absolute Gasteiger partial charge is 0.495 e. The first-order valence-electron chi connectivity index (χ1n) is 10.9. The van der Waals surface area contributed by atoms with E-state index in [0.717, 1.165) is 27.8 Å². The molecule has 1 aliphatic heterocycles. The number of thioether (sulfide) groups is 1. The lowest BCUT2D eigenvalue weighted by Crippen LogP contribution is -2.36. The summed E-state index contributed by atoms with van der Waals surface area (Å²) in [6, 6.07) is 22.3. The zero-order chi connectivity index (χ0) is 24.8. The number of carbonyl (C=O) groups excluding carboxylic acids is 3. The molecule has 1 heterocycles. The third-order valence-electron chi connectivity index (χ3n) is 5.22. The molecule has 0 radical (unpaired) electrons. The summed E-state index contributed by atoms with van der Waals surface area (Å²) < 4.78 is 11.0. The van der Waals surface area contributed by atoms with E-state index in [0.29, 0.717) is 23.8 Å². The zero-order valence-corrected chi connectivity index (χ0v) is 20.1. The normalized spacial score (nSPS) is 14.3. The van der Waals surface area contributed by atoms with Crippen LogP contribution in [-0.2, 0) is 16.2 Å². The Morgan fingerprint density at radius 3 is 2.54 bits per heavy atom. The summed E-state index contributed by atoms with van der Waals surface area (Å²) in [5.41, 5.74) is 3.47. The van der Waals surface area contributed by atoms with E-state index in [4.69, 9.17) is 9.47 Å². The number of aryl methyl sites for hydroxylation is 1. The molecule has 7 nitrogen and oxygen atoms in total. The fraction of sp³-hybridized carbons (Fsp3) is 0.148. The first-order chi connectivity index (χ1) is 16.9. The molecule has 0 aliphatic carbocycles. The predicted octanol–water partition coefficient (Wildman–Crippen LogP) is 5.26. The lowest BCUT2D eigenvalue weighted by atomic mass is 10.1. The van der Waals surface area contributed by atoms with Gasteiger partial charge in [0.05, 0.1) is 17.7 Å². The minimum Gasteiger partial charge on any atom is -0.495 e. The van der Waals surface area contributed by atoms with Crippen LogP contribution in [0.2, 0.25) is 0 Å². The number of anilines is 1. The fourth-order valence-electron chi connectivity index (χ4n) is 3.50. The van der Waals surface area contributed by atoms with Crippen LogP contribution in [0.25, 0.3) is 6.08 Å². The topological polar surface area (TPSA) is 84.9 Å². The summed E-state index contributed by atoms with van der Waals surface area (Å²) in [5, 5.41) is 2.18. The van der Waals surface area contributed by atoms with Gasteiger partial charge in [0.15, 0.2) is 0 Å². The summed E-state index contributed by atoms with van der Waals surface area (Å²) in [6.45, 7) is 2.11. The highest BCUT2D eigenvalue weighted by Gasteiger charge is 2.36. The molecule has 1 aliphatic rings. The molecule has 1 saturated heterocycles. The Kier molecular flexibility index (Phi) is 7.52. The molecule has 0 bridgehead atoms. The second-order valence-electron chi connectivity index (χ2n) is 7.86. The van der Waals surface area contributed by atoms with Crippen molar-refractivity contribution in [2.24, 2.45) is 0 Å². The SMILES string of the molecule is COc1ccccc1NC(=O)CN1C(=O)S/C(=C/c2ccc(OCc3cccc(C)c3)cc2)C1=O. The Balaban J connectivity index is 1.36. The maximum Gasteiger partial charge on any atom is 0.294 e. The highest BCUT2D eigenvalue weighted by Crippen LogP contribution is 2.32. The summed E-state index contributed by atoms with van der Waals surface area (Å²) in [7, 11) is 1.50. The van der Waals surface area contributed by atoms with Crippen LogP contribution in [0.3, 0.4) is 0 Å². The number of hydrogen-bond donors (Lipinski definition) is 1. The molecule has 3 aromatic rings. The van der Waals surface area contributed by atoms with E-state index >= 15 is 0 Å². The molecule has 178 valence electrons. The van der Waals surface area contributed by atoms with Gasteiger partial charge < -0.3 is 14.8 Å². The van der Waals surface area contributed by atoms with E-state index < -0.39 is 17.1 Å². The lowest BCUT2D eigenvalue weighted by Gasteiger charge is -2.14. The number of methoxy groups -OCH3 is 1. The van der Waals surface area contributed by atoms with Crippen LogP contribution in [0.5, 0.6) is 11.5 Å². The Bertz CT molecular complexity index is 1290. The molecular weight excluding hydrogens is 464 g/mol. The number of rotatable bonds is 8. The van der Waals surface area contributed by atoms with Crippen molar-refractivity contribution in [2.75, 3.05) is 19.0 Å². The van der Waals surface area contributed by atoms with Gasteiger partial charge in [-0.3, -0.25) is 19.3 Å². The van der Waals surface area contributed by atoms with Crippen LogP contribution in [0.1, 0.15) is 16.7 Å². The number of carbonyl (C=O) groups is 3. The van der Waals surface area contributed by atoms with Crippen LogP contribution in [-0.4, -0.2) is 35.6 Å². The van der Waals surface area contributed by atoms with E-state index in [-0.39, 0.29) is 11.4 Å². The highest BCUT2D eigenvalue weighted by molar-refractivity contribution is 8.18. The average Bonchev–Trinajstić information content (AvgIpc) is 3.11. The molecule has 0 unspecified atom stereocenters. The summed E-state index contributed by atoms with van der Waals surface area (Å²) in [4.78, 5) is 38.8. The number of imide groups is 1. The standard InChI is InChI=1S/C27H24N2O5S/c1-18-6-5-7-20(14-18)17-34-21-12-10-19(11-13-21)15-24-26(31)29(27(32)35-24)16-25(30)28-22-8-3-4-9-23(22)33-2/h3-15H,16-17H2,1-2H3,(H,28,30)/b24-15+. The minimum absolute atomic E-state index is 0.258. The number of benzene rings is 3. The molecule has 8 heteroatoms. The van der Waals surface area contributed by atoms with Crippen molar-refractivity contribution < 1.29 is 23.9 Å². The molecule has 4 rings (SSSR count). The van der Waals surface area contributed by atoms with Crippen molar-refractivity contribution in [1.29, 1.82) is 0 Å². The minimum atomic E-state index is -0.505. The van der Waals surface area contributed by atoms with Crippen molar-refractivity contribution >= 4 is 40.6 Å². The van der Waals surface area contributed by atoms with Gasteiger partial charge in [-0.15, -0.1) is 0 Å². The number of nitrogens with zero attached hydrogens (tertiary/aromatic N) is 1. The van der Waals surface area contributed by atoms with Gasteiger partial charge in [-0.05, 0) is 60.2 Å². The molecule has 3 amide bonds. The van der Waals surface area contributed by atoms with Gasteiger partial charge in [0.2, 0.25) is 5.91 Å². The van der Waals surface area contributed by atoms with Gasteiger partial charge in [0.25, 0.3) is 11.1 Å². The van der Waals surface area contributed by atoms with Gasteiger partial charge in [0.1, 0.15) is 24.7 Å².